The summed E-state index contributed by atoms with van der Waals surface area (Å²) in [5.41, 5.74) is 2.93. The maximum atomic E-state index is 12.9. The number of carbonyl (C=O) groups excluding carboxylic acids is 1. The van der Waals surface area contributed by atoms with Crippen LogP contribution in [0.25, 0.3) is 0 Å². The lowest BCUT2D eigenvalue weighted by Crippen LogP contribution is -2.31. The summed E-state index contributed by atoms with van der Waals surface area (Å²) in [5, 5.41) is 1.19. The van der Waals surface area contributed by atoms with E-state index in [2.05, 4.69) is 9.62 Å². The van der Waals surface area contributed by atoms with Crippen molar-refractivity contribution in [2.75, 3.05) is 46.6 Å². The van der Waals surface area contributed by atoms with Gasteiger partial charge in [-0.05, 0) is 61.3 Å². The molecule has 0 saturated heterocycles. The molecule has 0 fully saturated rings. The number of Topliss-reactive ketones (excluding diaryl/α,β-unsaturated/α-hetero) is 1. The maximum Gasteiger partial charge on any atom is 0.240 e. The Morgan fingerprint density at radius 1 is 1.11 bits per heavy atom. The van der Waals surface area contributed by atoms with Gasteiger partial charge in [-0.2, -0.15) is 0 Å². The first-order chi connectivity index (χ1) is 16.7. The van der Waals surface area contributed by atoms with Gasteiger partial charge in [-0.25, -0.2) is 13.1 Å². The average Bonchev–Trinajstić information content (AvgIpc) is 2.80. The predicted octanol–water partition coefficient (Wildman–Crippen LogP) is 4.25. The molecule has 192 valence electrons. The molecule has 0 spiro atoms. The van der Waals surface area contributed by atoms with E-state index in [-0.39, 0.29) is 29.7 Å². The van der Waals surface area contributed by atoms with Crippen LogP contribution in [0.15, 0.2) is 41.3 Å². The summed E-state index contributed by atoms with van der Waals surface area (Å²) in [6, 6.07) is 10.6. The average molecular weight is 544 g/mol. The van der Waals surface area contributed by atoms with E-state index in [0.29, 0.717) is 49.3 Å². The van der Waals surface area contributed by atoms with Gasteiger partial charge in [-0.15, -0.1) is 0 Å². The van der Waals surface area contributed by atoms with Crippen molar-refractivity contribution in [1.82, 2.24) is 9.62 Å². The van der Waals surface area contributed by atoms with Crippen LogP contribution >= 0.6 is 23.2 Å². The van der Waals surface area contributed by atoms with E-state index < -0.39 is 10.0 Å². The zero-order valence-electron chi connectivity index (χ0n) is 20.1. The number of rotatable bonds is 13. The molecule has 1 atom stereocenters. The Kier molecular flexibility index (Phi) is 10.5. The highest BCUT2D eigenvalue weighted by Gasteiger charge is 2.28. The van der Waals surface area contributed by atoms with Crippen molar-refractivity contribution < 1.29 is 22.7 Å². The molecule has 0 aliphatic carbocycles. The van der Waals surface area contributed by atoms with Gasteiger partial charge < -0.3 is 19.2 Å². The fourth-order valence-electron chi connectivity index (χ4n) is 4.11. The van der Waals surface area contributed by atoms with Crippen LogP contribution in [0.1, 0.15) is 42.4 Å². The molecule has 1 heterocycles. The minimum Gasteiger partial charge on any atom is -0.379 e. The maximum absolute atomic E-state index is 12.9. The molecule has 0 bridgehead atoms. The van der Waals surface area contributed by atoms with Crippen molar-refractivity contribution in [3.8, 4) is 0 Å². The van der Waals surface area contributed by atoms with E-state index in [1.807, 2.05) is 19.2 Å². The van der Waals surface area contributed by atoms with Crippen LogP contribution < -0.4 is 4.72 Å². The molecule has 1 aliphatic heterocycles. The number of ketones is 1. The molecule has 7 nitrogen and oxygen atoms in total. The fourth-order valence-corrected chi connectivity index (χ4v) is 5.74. The highest BCUT2D eigenvalue weighted by Crippen LogP contribution is 2.38. The molecule has 35 heavy (non-hydrogen) atoms. The first-order valence-electron chi connectivity index (χ1n) is 11.6. The molecule has 1 aliphatic rings. The summed E-state index contributed by atoms with van der Waals surface area (Å²) in [4.78, 5) is 13.2. The fraction of sp³-hybridized carbons (Fsp3) is 0.480. The molecule has 0 amide bonds. The summed E-state index contributed by atoms with van der Waals surface area (Å²) in [6.07, 6.45) is 1.20. The quantitative estimate of drug-likeness (QED) is 0.381. The molecule has 2 aromatic carbocycles. The Hall–Kier alpha value is -1.52. The standard InChI is InChI=1S/C25H32Cl2N2O5S/c1-18(30)5-4-9-33-11-12-34-10-8-28-35(31,32)21-7-3-6-19(13-21)23-16-29(2)17-24-22(23)14-20(26)15-25(24)27/h3,6-7,13-15,23,28H,4-5,8-12,16-17H2,1-2H3. The highest BCUT2D eigenvalue weighted by atomic mass is 35.5. The third kappa shape index (κ3) is 8.25. The zero-order valence-corrected chi connectivity index (χ0v) is 22.4. The zero-order chi connectivity index (χ0) is 25.4. The van der Waals surface area contributed by atoms with Crippen molar-refractivity contribution in [2.45, 2.75) is 37.1 Å². The van der Waals surface area contributed by atoms with E-state index in [1.165, 1.54) is 0 Å². The third-order valence-electron chi connectivity index (χ3n) is 5.79. The largest absolute Gasteiger partial charge is 0.379 e. The second-order valence-electron chi connectivity index (χ2n) is 8.71. The minimum atomic E-state index is -3.70. The number of nitrogens with one attached hydrogen (secondary N) is 1. The van der Waals surface area contributed by atoms with Gasteiger partial charge in [0.25, 0.3) is 0 Å². The number of hydrogen-bond donors (Lipinski definition) is 1. The minimum absolute atomic E-state index is 0.0473. The predicted molar refractivity (Wildman–Crippen MR) is 138 cm³/mol. The Balaban J connectivity index is 1.56. The number of sulfonamides is 1. The SMILES string of the molecule is CC(=O)CCCOCCOCCNS(=O)(=O)c1cccc(C2CN(C)Cc3c(Cl)cc(Cl)cc32)c1. The van der Waals surface area contributed by atoms with Gasteiger partial charge in [0, 0.05) is 48.6 Å². The number of carbonyl (C=O) groups is 1. The van der Waals surface area contributed by atoms with Crippen molar-refractivity contribution in [3.63, 3.8) is 0 Å². The van der Waals surface area contributed by atoms with E-state index in [4.69, 9.17) is 32.7 Å². The number of benzene rings is 2. The lowest BCUT2D eigenvalue weighted by molar-refractivity contribution is -0.117. The van der Waals surface area contributed by atoms with E-state index >= 15 is 0 Å². The smallest absolute Gasteiger partial charge is 0.240 e. The first-order valence-corrected chi connectivity index (χ1v) is 13.8. The van der Waals surface area contributed by atoms with Crippen LogP contribution in [-0.2, 0) is 30.8 Å². The summed E-state index contributed by atoms with van der Waals surface area (Å²) < 4.78 is 39.2. The van der Waals surface area contributed by atoms with Crippen molar-refractivity contribution in [3.05, 3.63) is 63.1 Å². The lowest BCUT2D eigenvalue weighted by Gasteiger charge is -2.33. The molecule has 0 aromatic heterocycles. The van der Waals surface area contributed by atoms with E-state index in [9.17, 15) is 13.2 Å². The molecule has 0 saturated carbocycles. The molecule has 1 unspecified atom stereocenters. The van der Waals surface area contributed by atoms with Gasteiger partial charge in [0.15, 0.2) is 0 Å². The van der Waals surface area contributed by atoms with Gasteiger partial charge in [0.05, 0.1) is 24.7 Å². The van der Waals surface area contributed by atoms with Gasteiger partial charge in [-0.1, -0.05) is 35.3 Å². The van der Waals surface area contributed by atoms with Gasteiger partial charge in [0.2, 0.25) is 10.0 Å². The number of halogens is 2. The summed E-state index contributed by atoms with van der Waals surface area (Å²) >= 11 is 12.7. The van der Waals surface area contributed by atoms with Crippen molar-refractivity contribution >= 4 is 39.0 Å². The second kappa shape index (κ2) is 13.1. The van der Waals surface area contributed by atoms with Crippen molar-refractivity contribution in [1.29, 1.82) is 0 Å². The molecule has 1 N–H and O–H groups in total. The second-order valence-corrected chi connectivity index (χ2v) is 11.3. The Morgan fingerprint density at radius 3 is 2.60 bits per heavy atom. The Labute approximate surface area is 217 Å². The Bertz CT molecular complexity index is 1130. The Morgan fingerprint density at radius 2 is 1.86 bits per heavy atom. The topological polar surface area (TPSA) is 84.9 Å². The molecular formula is C25H32Cl2N2O5S. The number of ether oxygens (including phenoxy) is 2. The van der Waals surface area contributed by atoms with Crippen LogP contribution in [0.3, 0.4) is 0 Å². The van der Waals surface area contributed by atoms with Crippen LogP contribution in [0.4, 0.5) is 0 Å². The van der Waals surface area contributed by atoms with Gasteiger partial charge in [0.1, 0.15) is 5.78 Å². The van der Waals surface area contributed by atoms with Gasteiger partial charge in [-0.3, -0.25) is 0 Å². The summed E-state index contributed by atoms with van der Waals surface area (Å²) in [7, 11) is -1.69. The number of nitrogens with zero attached hydrogens (tertiary/aromatic N) is 1. The summed E-state index contributed by atoms with van der Waals surface area (Å²) in [6.45, 7) is 4.64. The first kappa shape index (κ1) is 28.1. The monoisotopic (exact) mass is 542 g/mol. The molecular weight excluding hydrogens is 511 g/mol. The summed E-state index contributed by atoms with van der Waals surface area (Å²) in [5.74, 6) is 0.0984. The normalized spacial score (nSPS) is 16.3. The van der Waals surface area contributed by atoms with E-state index in [1.54, 1.807) is 31.2 Å². The molecule has 3 rings (SSSR count). The van der Waals surface area contributed by atoms with Crippen LogP contribution in [-0.4, -0.2) is 65.7 Å². The third-order valence-corrected chi connectivity index (χ3v) is 7.81. The lowest BCUT2D eigenvalue weighted by atomic mass is 9.85. The van der Waals surface area contributed by atoms with Gasteiger partial charge >= 0.3 is 0 Å². The van der Waals surface area contributed by atoms with E-state index in [0.717, 1.165) is 23.2 Å². The van der Waals surface area contributed by atoms with Crippen LogP contribution in [0.5, 0.6) is 0 Å². The number of likely N-dealkylation sites (N-methyl/N-ethyl adjacent to an activating group) is 1. The number of fused-ring (bicyclic) bond motifs is 1. The number of hydrogen-bond acceptors (Lipinski definition) is 6. The highest BCUT2D eigenvalue weighted by molar-refractivity contribution is 7.89. The molecule has 2 aromatic rings. The van der Waals surface area contributed by atoms with Crippen LogP contribution in [0.2, 0.25) is 10.0 Å². The van der Waals surface area contributed by atoms with Crippen LogP contribution in [0, 0.1) is 0 Å². The molecule has 10 heteroatoms. The molecule has 0 radical (unpaired) electrons. The van der Waals surface area contributed by atoms with Crippen molar-refractivity contribution in [2.24, 2.45) is 0 Å².